The Morgan fingerprint density at radius 3 is 2.63 bits per heavy atom. The predicted molar refractivity (Wildman–Crippen MR) is 75.2 cm³/mol. The van der Waals surface area contributed by atoms with E-state index in [4.69, 9.17) is 15.2 Å². The van der Waals surface area contributed by atoms with Crippen molar-refractivity contribution in [3.05, 3.63) is 24.3 Å². The molecule has 1 aromatic rings. The molecule has 0 spiro atoms. The molecule has 2 amide bonds. The van der Waals surface area contributed by atoms with Crippen LogP contribution in [-0.2, 0) is 9.47 Å². The lowest BCUT2D eigenvalue weighted by Crippen LogP contribution is -2.30. The van der Waals surface area contributed by atoms with E-state index in [-0.39, 0.29) is 6.03 Å². The van der Waals surface area contributed by atoms with Crippen LogP contribution in [0.15, 0.2) is 24.3 Å². The lowest BCUT2D eigenvalue weighted by molar-refractivity contribution is 0.0697. The number of benzene rings is 1. The molecule has 0 aliphatic rings. The van der Waals surface area contributed by atoms with Gasteiger partial charge in [-0.3, -0.25) is 0 Å². The van der Waals surface area contributed by atoms with Gasteiger partial charge in [-0.1, -0.05) is 0 Å². The van der Waals surface area contributed by atoms with Crippen LogP contribution in [-0.4, -0.2) is 39.5 Å². The summed E-state index contributed by atoms with van der Waals surface area (Å²) in [4.78, 5) is 11.5. The number of hydrogen-bond acceptors (Lipinski definition) is 4. The predicted octanol–water partition coefficient (Wildman–Crippen LogP) is 1.44. The number of carbonyl (C=O) groups excluding carboxylic acids is 1. The quantitative estimate of drug-likeness (QED) is 0.491. The third kappa shape index (κ3) is 7.28. The fraction of sp³-hybridized carbons (Fsp3) is 0.462. The zero-order valence-electron chi connectivity index (χ0n) is 11.1. The molecule has 1 rings (SSSR count). The molecular weight excluding hydrogens is 246 g/mol. The zero-order chi connectivity index (χ0) is 13.9. The van der Waals surface area contributed by atoms with Crippen LogP contribution < -0.4 is 16.4 Å². The standard InChI is InChI=1S/C13H21N3O3/c1-18-9-10-19-8-2-7-15-13(17)16-12-5-3-11(14)4-6-12/h3-6H,2,7-10,14H2,1H3,(H2,15,16,17). The number of carbonyl (C=O) groups is 1. The first kappa shape index (κ1) is 15.3. The van der Waals surface area contributed by atoms with Gasteiger partial charge >= 0.3 is 6.03 Å². The summed E-state index contributed by atoms with van der Waals surface area (Å²) in [5.74, 6) is 0. The van der Waals surface area contributed by atoms with Gasteiger partial charge in [0.2, 0.25) is 0 Å². The molecule has 6 heteroatoms. The van der Waals surface area contributed by atoms with Crippen molar-refractivity contribution in [2.75, 3.05) is 44.5 Å². The Hall–Kier alpha value is -1.79. The Morgan fingerprint density at radius 1 is 1.21 bits per heavy atom. The third-order valence-electron chi connectivity index (χ3n) is 2.35. The first-order chi connectivity index (χ1) is 9.22. The van der Waals surface area contributed by atoms with Crippen molar-refractivity contribution in [2.24, 2.45) is 0 Å². The van der Waals surface area contributed by atoms with Crippen LogP contribution in [0.5, 0.6) is 0 Å². The van der Waals surface area contributed by atoms with E-state index >= 15 is 0 Å². The van der Waals surface area contributed by atoms with Gasteiger partial charge in [-0.15, -0.1) is 0 Å². The van der Waals surface area contributed by atoms with Crippen molar-refractivity contribution in [3.8, 4) is 0 Å². The van der Waals surface area contributed by atoms with Crippen LogP contribution >= 0.6 is 0 Å². The summed E-state index contributed by atoms with van der Waals surface area (Å²) in [7, 11) is 1.63. The van der Waals surface area contributed by atoms with E-state index in [1.807, 2.05) is 0 Å². The molecule has 0 bridgehead atoms. The number of anilines is 2. The highest BCUT2D eigenvalue weighted by Gasteiger charge is 2.00. The molecule has 0 unspecified atom stereocenters. The van der Waals surface area contributed by atoms with Crippen LogP contribution in [0.1, 0.15) is 6.42 Å². The van der Waals surface area contributed by atoms with Gasteiger partial charge in [-0.25, -0.2) is 4.79 Å². The monoisotopic (exact) mass is 267 g/mol. The summed E-state index contributed by atoms with van der Waals surface area (Å²) in [6.45, 7) is 2.33. The van der Waals surface area contributed by atoms with Gasteiger partial charge in [0.1, 0.15) is 0 Å². The number of urea groups is 1. The second-order valence-electron chi connectivity index (χ2n) is 3.96. The fourth-order valence-corrected chi connectivity index (χ4v) is 1.36. The molecule has 106 valence electrons. The molecule has 0 atom stereocenters. The molecule has 0 saturated carbocycles. The Bertz CT molecular complexity index is 368. The van der Waals surface area contributed by atoms with Crippen molar-refractivity contribution >= 4 is 17.4 Å². The summed E-state index contributed by atoms with van der Waals surface area (Å²) in [5.41, 5.74) is 6.93. The van der Waals surface area contributed by atoms with Gasteiger partial charge < -0.3 is 25.8 Å². The van der Waals surface area contributed by atoms with Crippen molar-refractivity contribution in [3.63, 3.8) is 0 Å². The Balaban J connectivity index is 2.06. The molecule has 0 aromatic heterocycles. The molecular formula is C13H21N3O3. The summed E-state index contributed by atoms with van der Waals surface area (Å²) in [6, 6.07) is 6.74. The van der Waals surface area contributed by atoms with E-state index < -0.39 is 0 Å². The van der Waals surface area contributed by atoms with Gasteiger partial charge in [0, 0.05) is 31.6 Å². The smallest absolute Gasteiger partial charge is 0.319 e. The highest BCUT2D eigenvalue weighted by atomic mass is 16.5. The molecule has 0 aliphatic heterocycles. The highest BCUT2D eigenvalue weighted by Crippen LogP contribution is 2.09. The SMILES string of the molecule is COCCOCCCNC(=O)Nc1ccc(N)cc1. The van der Waals surface area contributed by atoms with Crippen LogP contribution in [0, 0.1) is 0 Å². The maximum Gasteiger partial charge on any atom is 0.319 e. The maximum absolute atomic E-state index is 11.5. The zero-order valence-corrected chi connectivity index (χ0v) is 11.1. The van der Waals surface area contributed by atoms with Gasteiger partial charge in [-0.05, 0) is 30.7 Å². The normalized spacial score (nSPS) is 10.2. The molecule has 0 saturated heterocycles. The van der Waals surface area contributed by atoms with Crippen LogP contribution in [0.2, 0.25) is 0 Å². The minimum absolute atomic E-state index is 0.235. The van der Waals surface area contributed by atoms with E-state index in [0.717, 1.165) is 6.42 Å². The highest BCUT2D eigenvalue weighted by molar-refractivity contribution is 5.89. The van der Waals surface area contributed by atoms with Crippen LogP contribution in [0.3, 0.4) is 0 Å². The van der Waals surface area contributed by atoms with Gasteiger partial charge in [0.05, 0.1) is 13.2 Å². The van der Waals surface area contributed by atoms with Gasteiger partial charge in [0.25, 0.3) is 0 Å². The number of nitrogens with two attached hydrogens (primary N) is 1. The Kier molecular flexibility index (Phi) is 7.38. The average Bonchev–Trinajstić information content (AvgIpc) is 2.40. The lowest BCUT2D eigenvalue weighted by atomic mass is 10.3. The first-order valence-electron chi connectivity index (χ1n) is 6.19. The van der Waals surface area contributed by atoms with Crippen molar-refractivity contribution in [1.82, 2.24) is 5.32 Å². The number of methoxy groups -OCH3 is 1. The molecule has 0 aliphatic carbocycles. The number of hydrogen-bond donors (Lipinski definition) is 3. The first-order valence-corrected chi connectivity index (χ1v) is 6.19. The molecule has 6 nitrogen and oxygen atoms in total. The fourth-order valence-electron chi connectivity index (χ4n) is 1.36. The topological polar surface area (TPSA) is 85.6 Å². The van der Waals surface area contributed by atoms with E-state index in [9.17, 15) is 4.79 Å². The molecule has 4 N–H and O–H groups in total. The van der Waals surface area contributed by atoms with Gasteiger partial charge in [0.15, 0.2) is 0 Å². The largest absolute Gasteiger partial charge is 0.399 e. The molecule has 0 heterocycles. The van der Waals surface area contributed by atoms with Gasteiger partial charge in [-0.2, -0.15) is 0 Å². The van der Waals surface area contributed by atoms with E-state index in [2.05, 4.69) is 10.6 Å². The lowest BCUT2D eigenvalue weighted by Gasteiger charge is -2.08. The van der Waals surface area contributed by atoms with Crippen LogP contribution in [0.4, 0.5) is 16.2 Å². The minimum atomic E-state index is -0.235. The molecule has 19 heavy (non-hydrogen) atoms. The van der Waals surface area contributed by atoms with Crippen molar-refractivity contribution < 1.29 is 14.3 Å². The molecule has 0 fully saturated rings. The number of ether oxygens (including phenoxy) is 2. The van der Waals surface area contributed by atoms with E-state index in [0.29, 0.717) is 37.7 Å². The number of rotatable bonds is 8. The Morgan fingerprint density at radius 2 is 1.95 bits per heavy atom. The third-order valence-corrected chi connectivity index (χ3v) is 2.35. The van der Waals surface area contributed by atoms with Crippen molar-refractivity contribution in [2.45, 2.75) is 6.42 Å². The Labute approximate surface area is 113 Å². The second kappa shape index (κ2) is 9.18. The second-order valence-corrected chi connectivity index (χ2v) is 3.96. The summed E-state index contributed by atoms with van der Waals surface area (Å²) in [6.07, 6.45) is 0.763. The molecule has 1 aromatic carbocycles. The summed E-state index contributed by atoms with van der Waals surface area (Å²) >= 11 is 0. The van der Waals surface area contributed by atoms with Crippen LogP contribution in [0.25, 0.3) is 0 Å². The van der Waals surface area contributed by atoms with Crippen molar-refractivity contribution in [1.29, 1.82) is 0 Å². The summed E-state index contributed by atoms with van der Waals surface area (Å²) < 4.78 is 10.1. The van der Waals surface area contributed by atoms with E-state index in [1.54, 1.807) is 31.4 Å². The maximum atomic E-state index is 11.5. The number of nitrogen functional groups attached to an aromatic ring is 1. The number of nitrogens with one attached hydrogen (secondary N) is 2. The average molecular weight is 267 g/mol. The molecule has 0 radical (unpaired) electrons. The number of amides is 2. The van der Waals surface area contributed by atoms with E-state index in [1.165, 1.54) is 0 Å². The minimum Gasteiger partial charge on any atom is -0.399 e. The summed E-state index contributed by atoms with van der Waals surface area (Å²) in [5, 5.41) is 5.46.